The molecule has 0 aromatic rings. The molecule has 0 aromatic heterocycles. The van der Waals surface area contributed by atoms with Gasteiger partial charge < -0.3 is 5.11 Å². The van der Waals surface area contributed by atoms with Crippen molar-refractivity contribution < 1.29 is 13.5 Å². The molecule has 0 aromatic carbocycles. The summed E-state index contributed by atoms with van der Waals surface area (Å²) in [5.74, 6) is 0. The van der Waals surface area contributed by atoms with Crippen LogP contribution in [0.25, 0.3) is 0 Å². The van der Waals surface area contributed by atoms with E-state index in [-0.39, 0.29) is 19.2 Å². The Morgan fingerprint density at radius 3 is 1.74 bits per heavy atom. The van der Waals surface area contributed by atoms with Crippen LogP contribution in [0.15, 0.2) is 0 Å². The normalized spacial score (nSPS) is 12.8. The highest BCUT2D eigenvalue weighted by atomic mass is 32.2. The molecular formula is C13H30N2O3S. The molecule has 1 N–H and O–H groups in total. The molecule has 0 aliphatic rings. The lowest BCUT2D eigenvalue weighted by molar-refractivity contribution is 0.207. The third-order valence-corrected chi connectivity index (χ3v) is 5.33. The van der Waals surface area contributed by atoms with Gasteiger partial charge >= 0.3 is 0 Å². The number of rotatable bonds is 11. The summed E-state index contributed by atoms with van der Waals surface area (Å²) in [4.78, 5) is 0. The lowest BCUT2D eigenvalue weighted by Gasteiger charge is -2.34. The molecular weight excluding hydrogens is 264 g/mol. The van der Waals surface area contributed by atoms with Gasteiger partial charge in [-0.25, -0.2) is 0 Å². The number of aliphatic hydroxyl groups is 1. The van der Waals surface area contributed by atoms with Gasteiger partial charge in [-0.05, 0) is 25.7 Å². The fraction of sp³-hybridized carbons (Fsp3) is 1.00. The van der Waals surface area contributed by atoms with Gasteiger partial charge in [0.15, 0.2) is 0 Å². The van der Waals surface area contributed by atoms with E-state index in [1.807, 2.05) is 27.7 Å². The second kappa shape index (κ2) is 9.69. The molecule has 0 rings (SSSR count). The minimum absolute atomic E-state index is 0.0339. The first-order valence-electron chi connectivity index (χ1n) is 7.37. The van der Waals surface area contributed by atoms with E-state index < -0.39 is 10.2 Å². The monoisotopic (exact) mass is 294 g/mol. The van der Waals surface area contributed by atoms with Gasteiger partial charge in [0.05, 0.1) is 6.61 Å². The summed E-state index contributed by atoms with van der Waals surface area (Å²) in [6, 6.07) is -0.0339. The highest BCUT2D eigenvalue weighted by Crippen LogP contribution is 2.17. The van der Waals surface area contributed by atoms with Gasteiger partial charge in [-0.1, -0.05) is 27.7 Å². The van der Waals surface area contributed by atoms with Crippen molar-refractivity contribution in [1.29, 1.82) is 0 Å². The Labute approximate surface area is 118 Å². The first-order chi connectivity index (χ1) is 8.99. The number of hydrogen-bond donors (Lipinski definition) is 1. The van der Waals surface area contributed by atoms with Crippen LogP contribution >= 0.6 is 0 Å². The fourth-order valence-corrected chi connectivity index (χ4v) is 4.38. The zero-order valence-corrected chi connectivity index (χ0v) is 13.6. The summed E-state index contributed by atoms with van der Waals surface area (Å²) in [6.45, 7) is 9.05. The van der Waals surface area contributed by atoms with Gasteiger partial charge in [-0.2, -0.15) is 17.0 Å². The molecule has 0 heterocycles. The van der Waals surface area contributed by atoms with Crippen molar-refractivity contribution in [3.8, 4) is 0 Å². The van der Waals surface area contributed by atoms with Gasteiger partial charge in [0, 0.05) is 25.7 Å². The molecule has 5 nitrogen and oxygen atoms in total. The average molecular weight is 294 g/mol. The predicted molar refractivity (Wildman–Crippen MR) is 79.2 cm³/mol. The molecule has 0 saturated heterocycles. The minimum atomic E-state index is -3.47. The zero-order chi connectivity index (χ0) is 14.9. The molecule has 116 valence electrons. The molecule has 0 aliphatic heterocycles. The van der Waals surface area contributed by atoms with Crippen LogP contribution in [0.5, 0.6) is 0 Å². The topological polar surface area (TPSA) is 60.9 Å². The van der Waals surface area contributed by atoms with E-state index in [0.29, 0.717) is 13.1 Å². The van der Waals surface area contributed by atoms with Crippen molar-refractivity contribution in [2.45, 2.75) is 59.4 Å². The Bertz CT molecular complexity index is 310. The van der Waals surface area contributed by atoms with Crippen LogP contribution in [0, 0.1) is 0 Å². The Hall–Kier alpha value is -0.170. The molecule has 0 amide bonds. The van der Waals surface area contributed by atoms with Gasteiger partial charge in [0.2, 0.25) is 0 Å². The van der Waals surface area contributed by atoms with Gasteiger partial charge in [-0.3, -0.25) is 0 Å². The minimum Gasteiger partial charge on any atom is -0.395 e. The van der Waals surface area contributed by atoms with E-state index in [0.717, 1.165) is 25.7 Å². The Balaban J connectivity index is 5.23. The van der Waals surface area contributed by atoms with E-state index in [1.54, 1.807) is 4.31 Å². The van der Waals surface area contributed by atoms with Crippen LogP contribution in [0.1, 0.15) is 53.4 Å². The van der Waals surface area contributed by atoms with E-state index >= 15 is 0 Å². The van der Waals surface area contributed by atoms with E-state index in [4.69, 9.17) is 5.11 Å². The predicted octanol–water partition coefficient (Wildman–Crippen LogP) is 1.84. The summed E-state index contributed by atoms with van der Waals surface area (Å²) in [7, 11) is -3.47. The number of aliphatic hydroxyl groups excluding tert-OH is 1. The van der Waals surface area contributed by atoms with Crippen LogP contribution in [0.3, 0.4) is 0 Å². The van der Waals surface area contributed by atoms with Crippen molar-refractivity contribution in [3.63, 3.8) is 0 Å². The molecule has 0 bridgehead atoms. The fourth-order valence-electron chi connectivity index (χ4n) is 2.27. The molecule has 0 fully saturated rings. The second-order valence-corrected chi connectivity index (χ2v) is 6.59. The highest BCUT2D eigenvalue weighted by molar-refractivity contribution is 7.86. The maximum Gasteiger partial charge on any atom is 0.282 e. The summed E-state index contributed by atoms with van der Waals surface area (Å²) in [5, 5.41) is 9.16. The van der Waals surface area contributed by atoms with Crippen LogP contribution in [-0.4, -0.2) is 54.4 Å². The average Bonchev–Trinajstić information content (AvgIpc) is 2.38. The SMILES string of the molecule is CCCN(CCC)S(=O)(=O)N(CCO)C(CC)CC. The number of nitrogens with zero attached hydrogens (tertiary/aromatic N) is 2. The second-order valence-electron chi connectivity index (χ2n) is 4.71. The van der Waals surface area contributed by atoms with Crippen LogP contribution in [0.4, 0.5) is 0 Å². The Morgan fingerprint density at radius 2 is 1.42 bits per heavy atom. The number of hydrogen-bond acceptors (Lipinski definition) is 3. The lowest BCUT2D eigenvalue weighted by Crippen LogP contribution is -2.49. The van der Waals surface area contributed by atoms with Crippen molar-refractivity contribution in [1.82, 2.24) is 8.61 Å². The quantitative estimate of drug-likeness (QED) is 0.632. The van der Waals surface area contributed by atoms with Crippen molar-refractivity contribution in [2.75, 3.05) is 26.2 Å². The van der Waals surface area contributed by atoms with Crippen molar-refractivity contribution >= 4 is 10.2 Å². The molecule has 0 atom stereocenters. The standard InChI is InChI=1S/C13H30N2O3S/c1-5-9-14(10-6-2)19(17,18)15(11-12-16)13(7-3)8-4/h13,16H,5-12H2,1-4H3. The molecule has 0 spiro atoms. The van der Waals surface area contributed by atoms with E-state index in [9.17, 15) is 8.42 Å². The van der Waals surface area contributed by atoms with Gasteiger partial charge in [0.1, 0.15) is 0 Å². The lowest BCUT2D eigenvalue weighted by atomic mass is 10.2. The third kappa shape index (κ3) is 5.38. The molecule has 0 radical (unpaired) electrons. The summed E-state index contributed by atoms with van der Waals surface area (Å²) >= 11 is 0. The van der Waals surface area contributed by atoms with Crippen LogP contribution < -0.4 is 0 Å². The summed E-state index contributed by atoms with van der Waals surface area (Å²) in [5.41, 5.74) is 0. The first kappa shape index (κ1) is 18.8. The smallest absolute Gasteiger partial charge is 0.282 e. The molecule has 19 heavy (non-hydrogen) atoms. The first-order valence-corrected chi connectivity index (χ1v) is 8.76. The molecule has 0 aliphatic carbocycles. The van der Waals surface area contributed by atoms with Crippen molar-refractivity contribution in [2.24, 2.45) is 0 Å². The van der Waals surface area contributed by atoms with Crippen LogP contribution in [-0.2, 0) is 10.2 Å². The molecule has 0 saturated carbocycles. The Kier molecular flexibility index (Phi) is 9.60. The summed E-state index contributed by atoms with van der Waals surface area (Å²) in [6.07, 6.45) is 3.13. The summed E-state index contributed by atoms with van der Waals surface area (Å²) < 4.78 is 28.4. The maximum atomic E-state index is 12.7. The van der Waals surface area contributed by atoms with Gasteiger partial charge in [0.25, 0.3) is 10.2 Å². The molecule has 0 unspecified atom stereocenters. The highest BCUT2D eigenvalue weighted by Gasteiger charge is 2.32. The zero-order valence-electron chi connectivity index (χ0n) is 12.8. The largest absolute Gasteiger partial charge is 0.395 e. The molecule has 6 heteroatoms. The van der Waals surface area contributed by atoms with E-state index in [2.05, 4.69) is 0 Å². The Morgan fingerprint density at radius 1 is 0.947 bits per heavy atom. The van der Waals surface area contributed by atoms with E-state index in [1.165, 1.54) is 4.31 Å². The van der Waals surface area contributed by atoms with Gasteiger partial charge in [-0.15, -0.1) is 0 Å². The maximum absolute atomic E-state index is 12.7. The van der Waals surface area contributed by atoms with Crippen molar-refractivity contribution in [3.05, 3.63) is 0 Å². The third-order valence-electron chi connectivity index (χ3n) is 3.24. The van der Waals surface area contributed by atoms with Crippen LogP contribution in [0.2, 0.25) is 0 Å².